The van der Waals surface area contributed by atoms with Crippen LogP contribution in [0, 0.1) is 0 Å². The predicted octanol–water partition coefficient (Wildman–Crippen LogP) is 4.07. The van der Waals surface area contributed by atoms with Crippen molar-refractivity contribution in [3.05, 3.63) is 24.8 Å². The van der Waals surface area contributed by atoms with E-state index >= 15 is 0 Å². The molecule has 0 N–H and O–H groups in total. The van der Waals surface area contributed by atoms with Crippen LogP contribution in [0.25, 0.3) is 0 Å². The van der Waals surface area contributed by atoms with Crippen molar-refractivity contribution < 1.29 is 0 Å². The average molecular weight is 217 g/mol. The number of hydrogen-bond donors (Lipinski definition) is 0. The highest BCUT2D eigenvalue weighted by Gasteiger charge is 1.99. The van der Waals surface area contributed by atoms with Crippen molar-refractivity contribution in [3.63, 3.8) is 0 Å². The smallest absolute Gasteiger partial charge is 0.0151 e. The zero-order chi connectivity index (χ0) is 8.53. The van der Waals surface area contributed by atoms with Crippen LogP contribution in [-0.2, 0) is 0 Å². The van der Waals surface area contributed by atoms with E-state index in [1.54, 1.807) is 0 Å². The fourth-order valence-corrected chi connectivity index (χ4v) is 1.42. The van der Waals surface area contributed by atoms with Gasteiger partial charge in [0.1, 0.15) is 0 Å². The second-order valence-electron chi connectivity index (χ2n) is 2.61. The molecule has 0 aliphatic heterocycles. The third-order valence-electron chi connectivity index (χ3n) is 1.57. The Morgan fingerprint density at radius 2 is 2.00 bits per heavy atom. The second kappa shape index (κ2) is 8.06. The molecule has 11 heavy (non-hydrogen) atoms. The summed E-state index contributed by atoms with van der Waals surface area (Å²) in [4.78, 5) is 0.664. The summed E-state index contributed by atoms with van der Waals surface area (Å²) in [6.07, 6.45) is 11.0. The first-order valence-corrected chi connectivity index (χ1v) is 5.09. The monoisotopic (exact) mass is 216 g/mol. The lowest BCUT2D eigenvalue weighted by Gasteiger charge is -2.04. The Kier molecular flexibility index (Phi) is 8.03. The van der Waals surface area contributed by atoms with Crippen molar-refractivity contribution in [2.75, 3.05) is 0 Å². The highest BCUT2D eigenvalue weighted by atomic mass is 79.9. The number of alkyl halides is 1. The Morgan fingerprint density at radius 1 is 1.36 bits per heavy atom. The molecule has 0 spiro atoms. The first kappa shape index (κ1) is 11.0. The number of hydrogen-bond acceptors (Lipinski definition) is 0. The van der Waals surface area contributed by atoms with Gasteiger partial charge in [-0.25, -0.2) is 0 Å². The summed E-state index contributed by atoms with van der Waals surface area (Å²) in [7, 11) is 0. The maximum Gasteiger partial charge on any atom is 0.0151 e. The van der Waals surface area contributed by atoms with Gasteiger partial charge in [-0.2, -0.15) is 0 Å². The largest absolute Gasteiger partial charge is 0.103 e. The molecule has 0 aromatic heterocycles. The molecule has 0 aromatic rings. The average Bonchev–Trinajstić information content (AvgIpc) is 2.01. The van der Waals surface area contributed by atoms with Crippen LogP contribution in [0.15, 0.2) is 24.8 Å². The molecule has 0 aliphatic carbocycles. The molecule has 0 amide bonds. The predicted molar refractivity (Wildman–Crippen MR) is 56.2 cm³/mol. The van der Waals surface area contributed by atoms with Gasteiger partial charge in [-0.15, -0.1) is 6.58 Å². The Balaban J connectivity index is 3.21. The highest BCUT2D eigenvalue weighted by Crippen LogP contribution is 2.14. The molecule has 0 nitrogen and oxygen atoms in total. The lowest BCUT2D eigenvalue weighted by Crippen LogP contribution is -1.95. The van der Waals surface area contributed by atoms with E-state index in [0.717, 1.165) is 6.42 Å². The molecule has 1 heteroatoms. The van der Waals surface area contributed by atoms with E-state index in [1.165, 1.54) is 19.3 Å². The fourth-order valence-electron chi connectivity index (χ4n) is 0.887. The summed E-state index contributed by atoms with van der Waals surface area (Å²) in [5, 5.41) is 0. The van der Waals surface area contributed by atoms with E-state index in [1.807, 2.05) is 6.08 Å². The van der Waals surface area contributed by atoms with Crippen molar-refractivity contribution in [1.82, 2.24) is 0 Å². The minimum absolute atomic E-state index is 0.664. The van der Waals surface area contributed by atoms with Crippen molar-refractivity contribution in [1.29, 1.82) is 0 Å². The van der Waals surface area contributed by atoms with Crippen molar-refractivity contribution in [2.45, 2.75) is 37.4 Å². The summed E-state index contributed by atoms with van der Waals surface area (Å²) < 4.78 is 0. The lowest BCUT2D eigenvalue weighted by molar-refractivity contribution is 0.725. The minimum atomic E-state index is 0.664. The van der Waals surface area contributed by atoms with Crippen LogP contribution in [0.4, 0.5) is 0 Å². The summed E-state index contributed by atoms with van der Waals surface area (Å²) in [6, 6.07) is 0. The normalized spacial score (nSPS) is 13.6. The van der Waals surface area contributed by atoms with E-state index in [4.69, 9.17) is 0 Å². The minimum Gasteiger partial charge on any atom is -0.103 e. The molecule has 0 saturated heterocycles. The molecule has 1 unspecified atom stereocenters. The first-order chi connectivity index (χ1) is 5.31. The van der Waals surface area contributed by atoms with Crippen LogP contribution in [0.1, 0.15) is 32.6 Å². The SMILES string of the molecule is C=CCCC(Br)CC/C=C/C. The maximum atomic E-state index is 3.69. The Labute approximate surface area is 78.5 Å². The van der Waals surface area contributed by atoms with Gasteiger partial charge in [0, 0.05) is 4.83 Å². The Bertz CT molecular complexity index is 116. The molecule has 0 radical (unpaired) electrons. The van der Waals surface area contributed by atoms with E-state index in [9.17, 15) is 0 Å². The van der Waals surface area contributed by atoms with Crippen LogP contribution in [0.3, 0.4) is 0 Å². The summed E-state index contributed by atoms with van der Waals surface area (Å²) in [6.45, 7) is 5.76. The fraction of sp³-hybridized carbons (Fsp3) is 0.600. The van der Waals surface area contributed by atoms with Crippen LogP contribution in [0.5, 0.6) is 0 Å². The van der Waals surface area contributed by atoms with E-state index in [0.29, 0.717) is 4.83 Å². The molecule has 0 rings (SSSR count). The first-order valence-electron chi connectivity index (χ1n) is 4.17. The molecule has 0 aromatic carbocycles. The van der Waals surface area contributed by atoms with Crippen molar-refractivity contribution in [2.24, 2.45) is 0 Å². The molecule has 64 valence electrons. The number of halogens is 1. The topological polar surface area (TPSA) is 0 Å². The standard InChI is InChI=1S/C10H17Br/c1-3-5-7-9-10(11)8-6-4-2/h3-5,10H,2,6-9H2,1H3/b5-3+. The van der Waals surface area contributed by atoms with Gasteiger partial charge in [0.2, 0.25) is 0 Å². The number of rotatable bonds is 6. The van der Waals surface area contributed by atoms with Gasteiger partial charge in [-0.1, -0.05) is 34.2 Å². The van der Waals surface area contributed by atoms with Gasteiger partial charge in [0.15, 0.2) is 0 Å². The van der Waals surface area contributed by atoms with Crippen LogP contribution in [-0.4, -0.2) is 4.83 Å². The molecule has 0 saturated carbocycles. The van der Waals surface area contributed by atoms with Gasteiger partial charge in [-0.3, -0.25) is 0 Å². The molecule has 1 atom stereocenters. The zero-order valence-corrected chi connectivity index (χ0v) is 8.81. The summed E-state index contributed by atoms with van der Waals surface area (Å²) in [5.41, 5.74) is 0. The third-order valence-corrected chi connectivity index (χ3v) is 2.48. The summed E-state index contributed by atoms with van der Waals surface area (Å²) >= 11 is 3.63. The van der Waals surface area contributed by atoms with Gasteiger partial charge in [-0.05, 0) is 32.6 Å². The van der Waals surface area contributed by atoms with Crippen molar-refractivity contribution in [3.8, 4) is 0 Å². The van der Waals surface area contributed by atoms with Crippen LogP contribution < -0.4 is 0 Å². The van der Waals surface area contributed by atoms with Gasteiger partial charge in [0.05, 0.1) is 0 Å². The van der Waals surface area contributed by atoms with Crippen LogP contribution >= 0.6 is 15.9 Å². The highest BCUT2D eigenvalue weighted by molar-refractivity contribution is 9.09. The molecule has 0 fully saturated rings. The molecular formula is C10H17Br. The molecular weight excluding hydrogens is 200 g/mol. The van der Waals surface area contributed by atoms with E-state index in [-0.39, 0.29) is 0 Å². The second-order valence-corrected chi connectivity index (χ2v) is 3.90. The van der Waals surface area contributed by atoms with E-state index in [2.05, 4.69) is 41.6 Å². The molecule has 0 bridgehead atoms. The van der Waals surface area contributed by atoms with E-state index < -0.39 is 0 Å². The zero-order valence-electron chi connectivity index (χ0n) is 7.22. The Morgan fingerprint density at radius 3 is 2.55 bits per heavy atom. The lowest BCUT2D eigenvalue weighted by atomic mass is 10.1. The Hall–Kier alpha value is -0.0400. The third kappa shape index (κ3) is 7.86. The molecule has 0 heterocycles. The maximum absolute atomic E-state index is 3.69. The van der Waals surface area contributed by atoms with Crippen LogP contribution in [0.2, 0.25) is 0 Å². The summed E-state index contributed by atoms with van der Waals surface area (Å²) in [5.74, 6) is 0. The molecule has 0 aliphatic rings. The van der Waals surface area contributed by atoms with Gasteiger partial charge >= 0.3 is 0 Å². The quantitative estimate of drug-likeness (QED) is 0.464. The van der Waals surface area contributed by atoms with Gasteiger partial charge < -0.3 is 0 Å². The van der Waals surface area contributed by atoms with Crippen molar-refractivity contribution >= 4 is 15.9 Å². The van der Waals surface area contributed by atoms with Gasteiger partial charge in [0.25, 0.3) is 0 Å². The number of allylic oxidation sites excluding steroid dienone is 3.